The molecule has 0 aliphatic carbocycles. The van der Waals surface area contributed by atoms with Crippen molar-refractivity contribution in [3.8, 4) is 0 Å². The molecule has 0 saturated heterocycles. The van der Waals surface area contributed by atoms with Gasteiger partial charge in [-0.25, -0.2) is 4.98 Å². The zero-order valence-corrected chi connectivity index (χ0v) is 9.12. The van der Waals surface area contributed by atoms with E-state index in [0.717, 1.165) is 25.2 Å². The van der Waals surface area contributed by atoms with Crippen LogP contribution in [0, 0.1) is 0 Å². The van der Waals surface area contributed by atoms with E-state index < -0.39 is 0 Å². The Morgan fingerprint density at radius 2 is 2.21 bits per heavy atom. The molecule has 1 aromatic rings. The summed E-state index contributed by atoms with van der Waals surface area (Å²) in [7, 11) is 0. The summed E-state index contributed by atoms with van der Waals surface area (Å²) in [6.07, 6.45) is 3.34. The van der Waals surface area contributed by atoms with Gasteiger partial charge in [0.2, 0.25) is 0 Å². The standard InChI is InChI=1S/C11H18N2O/c1-11(2,3)10-12-7-8-6-9(14)4-5-13(8)10/h7,9,14H,4-6H2,1-3H3. The van der Waals surface area contributed by atoms with E-state index >= 15 is 0 Å². The lowest BCUT2D eigenvalue weighted by Crippen LogP contribution is -2.27. The molecule has 14 heavy (non-hydrogen) atoms. The van der Waals surface area contributed by atoms with Gasteiger partial charge in [0.15, 0.2) is 0 Å². The second-order valence-electron chi connectivity index (χ2n) is 5.12. The molecular weight excluding hydrogens is 176 g/mol. The van der Waals surface area contributed by atoms with Gasteiger partial charge >= 0.3 is 0 Å². The zero-order valence-electron chi connectivity index (χ0n) is 9.12. The fourth-order valence-corrected chi connectivity index (χ4v) is 2.04. The number of hydrogen-bond acceptors (Lipinski definition) is 2. The Balaban J connectivity index is 2.38. The molecule has 1 aromatic heterocycles. The van der Waals surface area contributed by atoms with Crippen LogP contribution < -0.4 is 0 Å². The summed E-state index contributed by atoms with van der Waals surface area (Å²) >= 11 is 0. The lowest BCUT2D eigenvalue weighted by Gasteiger charge is -2.25. The van der Waals surface area contributed by atoms with Gasteiger partial charge in [0.05, 0.1) is 6.10 Å². The van der Waals surface area contributed by atoms with Gasteiger partial charge < -0.3 is 9.67 Å². The van der Waals surface area contributed by atoms with Crippen LogP contribution in [-0.4, -0.2) is 20.8 Å². The van der Waals surface area contributed by atoms with Crippen LogP contribution in [0.2, 0.25) is 0 Å². The lowest BCUT2D eigenvalue weighted by molar-refractivity contribution is 0.142. The minimum absolute atomic E-state index is 0.0978. The van der Waals surface area contributed by atoms with Gasteiger partial charge in [0.25, 0.3) is 0 Å². The number of rotatable bonds is 0. The van der Waals surface area contributed by atoms with Gasteiger partial charge in [0, 0.05) is 30.3 Å². The van der Waals surface area contributed by atoms with E-state index in [1.165, 1.54) is 5.69 Å². The summed E-state index contributed by atoms with van der Waals surface area (Å²) in [5.74, 6) is 1.14. The number of aliphatic hydroxyl groups is 1. The smallest absolute Gasteiger partial charge is 0.114 e. The molecule has 1 aliphatic rings. The fourth-order valence-electron chi connectivity index (χ4n) is 2.04. The molecule has 1 aliphatic heterocycles. The minimum atomic E-state index is -0.174. The lowest BCUT2D eigenvalue weighted by atomic mass is 9.95. The molecule has 2 rings (SSSR count). The number of aromatic nitrogens is 2. The molecule has 0 bridgehead atoms. The number of aliphatic hydroxyl groups excluding tert-OH is 1. The SMILES string of the molecule is CC(C)(C)c1ncc2n1CCC(O)C2. The first-order chi connectivity index (χ1) is 6.48. The molecule has 3 nitrogen and oxygen atoms in total. The maximum Gasteiger partial charge on any atom is 0.114 e. The van der Waals surface area contributed by atoms with Crippen molar-refractivity contribution < 1.29 is 5.11 Å². The summed E-state index contributed by atoms with van der Waals surface area (Å²) < 4.78 is 2.26. The van der Waals surface area contributed by atoms with E-state index in [1.807, 2.05) is 6.20 Å². The molecule has 0 spiro atoms. The average molecular weight is 194 g/mol. The van der Waals surface area contributed by atoms with Crippen molar-refractivity contribution in [3.63, 3.8) is 0 Å². The fraction of sp³-hybridized carbons (Fsp3) is 0.727. The van der Waals surface area contributed by atoms with E-state index in [4.69, 9.17) is 0 Å². The molecule has 0 amide bonds. The Morgan fingerprint density at radius 3 is 2.86 bits per heavy atom. The van der Waals surface area contributed by atoms with Crippen LogP contribution >= 0.6 is 0 Å². The molecule has 1 atom stereocenters. The highest BCUT2D eigenvalue weighted by molar-refractivity contribution is 5.14. The molecule has 0 radical (unpaired) electrons. The van der Waals surface area contributed by atoms with Gasteiger partial charge in [0.1, 0.15) is 5.82 Å². The molecule has 2 heterocycles. The van der Waals surface area contributed by atoms with Crippen LogP contribution in [0.25, 0.3) is 0 Å². The van der Waals surface area contributed by atoms with Crippen molar-refractivity contribution in [2.45, 2.75) is 51.7 Å². The van der Waals surface area contributed by atoms with Crippen molar-refractivity contribution >= 4 is 0 Å². The number of hydrogen-bond donors (Lipinski definition) is 1. The van der Waals surface area contributed by atoms with E-state index in [9.17, 15) is 5.11 Å². The van der Waals surface area contributed by atoms with Gasteiger partial charge in [-0.15, -0.1) is 0 Å². The van der Waals surface area contributed by atoms with Crippen LogP contribution in [0.1, 0.15) is 38.7 Å². The maximum atomic E-state index is 9.53. The van der Waals surface area contributed by atoms with Crippen molar-refractivity contribution in [3.05, 3.63) is 17.7 Å². The van der Waals surface area contributed by atoms with E-state index in [0.29, 0.717) is 0 Å². The third-order valence-corrected chi connectivity index (χ3v) is 2.74. The molecule has 1 unspecified atom stereocenters. The highest BCUT2D eigenvalue weighted by Crippen LogP contribution is 2.25. The second kappa shape index (κ2) is 3.09. The highest BCUT2D eigenvalue weighted by Gasteiger charge is 2.25. The minimum Gasteiger partial charge on any atom is -0.393 e. The molecule has 0 fully saturated rings. The molecule has 0 saturated carbocycles. The largest absolute Gasteiger partial charge is 0.393 e. The first-order valence-electron chi connectivity index (χ1n) is 5.21. The summed E-state index contributed by atoms with van der Waals surface area (Å²) in [5.41, 5.74) is 1.27. The van der Waals surface area contributed by atoms with Gasteiger partial charge in [-0.05, 0) is 6.42 Å². The monoisotopic (exact) mass is 194 g/mol. The Labute approximate surface area is 84.8 Å². The van der Waals surface area contributed by atoms with Crippen LogP contribution in [0.15, 0.2) is 6.20 Å². The summed E-state index contributed by atoms with van der Waals surface area (Å²) in [5, 5.41) is 9.53. The highest BCUT2D eigenvalue weighted by atomic mass is 16.3. The number of imidazole rings is 1. The molecule has 1 N–H and O–H groups in total. The number of fused-ring (bicyclic) bond motifs is 1. The van der Waals surface area contributed by atoms with Crippen LogP contribution in [0.4, 0.5) is 0 Å². The van der Waals surface area contributed by atoms with Gasteiger partial charge in [-0.2, -0.15) is 0 Å². The van der Waals surface area contributed by atoms with Crippen molar-refractivity contribution in [2.24, 2.45) is 0 Å². The Bertz CT molecular complexity index is 336. The first-order valence-corrected chi connectivity index (χ1v) is 5.21. The third-order valence-electron chi connectivity index (χ3n) is 2.74. The normalized spacial score (nSPS) is 22.1. The van der Waals surface area contributed by atoms with Gasteiger partial charge in [-0.3, -0.25) is 0 Å². The predicted molar refractivity (Wildman–Crippen MR) is 55.3 cm³/mol. The first kappa shape index (κ1) is 9.71. The molecular formula is C11H18N2O. The van der Waals surface area contributed by atoms with Crippen molar-refractivity contribution in [2.75, 3.05) is 0 Å². The van der Waals surface area contributed by atoms with Crippen molar-refractivity contribution in [1.29, 1.82) is 0 Å². The number of nitrogens with zero attached hydrogens (tertiary/aromatic N) is 2. The predicted octanol–water partition coefficient (Wildman–Crippen LogP) is 1.49. The summed E-state index contributed by atoms with van der Waals surface area (Å²) in [6, 6.07) is 0. The zero-order chi connectivity index (χ0) is 10.3. The molecule has 78 valence electrons. The second-order valence-corrected chi connectivity index (χ2v) is 5.12. The third kappa shape index (κ3) is 1.57. The quantitative estimate of drug-likeness (QED) is 0.679. The van der Waals surface area contributed by atoms with E-state index in [1.54, 1.807) is 0 Å². The summed E-state index contributed by atoms with van der Waals surface area (Å²) in [4.78, 5) is 4.46. The average Bonchev–Trinajstić information content (AvgIpc) is 2.45. The van der Waals surface area contributed by atoms with Gasteiger partial charge in [-0.1, -0.05) is 20.8 Å². The topological polar surface area (TPSA) is 38.0 Å². The molecule has 3 heteroatoms. The maximum absolute atomic E-state index is 9.53. The Hall–Kier alpha value is -0.830. The Morgan fingerprint density at radius 1 is 1.50 bits per heavy atom. The Kier molecular flexibility index (Phi) is 2.14. The van der Waals surface area contributed by atoms with Crippen LogP contribution in [-0.2, 0) is 18.4 Å². The summed E-state index contributed by atoms with van der Waals surface area (Å²) in [6.45, 7) is 7.43. The van der Waals surface area contributed by atoms with Crippen LogP contribution in [0.5, 0.6) is 0 Å². The van der Waals surface area contributed by atoms with Crippen LogP contribution in [0.3, 0.4) is 0 Å². The van der Waals surface area contributed by atoms with Crippen molar-refractivity contribution in [1.82, 2.24) is 9.55 Å². The van der Waals surface area contributed by atoms with E-state index in [-0.39, 0.29) is 11.5 Å². The van der Waals surface area contributed by atoms with E-state index in [2.05, 4.69) is 30.3 Å². The molecule has 0 aromatic carbocycles.